The number of rotatable bonds is 7. The van der Waals surface area contributed by atoms with Crippen LogP contribution < -0.4 is 5.32 Å². The largest absolute Gasteiger partial charge is 0.333 e. The van der Waals surface area contributed by atoms with E-state index in [0.717, 1.165) is 37.1 Å². The van der Waals surface area contributed by atoms with Gasteiger partial charge in [0.25, 0.3) is 0 Å². The van der Waals surface area contributed by atoms with Crippen molar-refractivity contribution in [2.45, 2.75) is 32.0 Å². The molecule has 0 unspecified atom stereocenters. The van der Waals surface area contributed by atoms with Crippen molar-refractivity contribution >= 4 is 5.91 Å². The van der Waals surface area contributed by atoms with Gasteiger partial charge in [-0.2, -0.15) is 0 Å². The van der Waals surface area contributed by atoms with Crippen molar-refractivity contribution < 1.29 is 9.18 Å². The van der Waals surface area contributed by atoms with Crippen molar-refractivity contribution in [3.63, 3.8) is 0 Å². The number of pyridine rings is 1. The van der Waals surface area contributed by atoms with Crippen LogP contribution in [0, 0.1) is 5.82 Å². The highest BCUT2D eigenvalue weighted by Gasteiger charge is 2.22. The van der Waals surface area contributed by atoms with E-state index in [1.54, 1.807) is 24.5 Å². The minimum atomic E-state index is -0.267. The molecular weight excluding hydrogens is 343 g/mol. The highest BCUT2D eigenvalue weighted by Crippen LogP contribution is 2.14. The molecule has 1 aromatic heterocycles. The summed E-state index contributed by atoms with van der Waals surface area (Å²) in [5.74, 6) is -0.187. The SMILES string of the molecule is CN(CC(=O)N(Cc1ccncc1)Cc1ccc(F)cc1)C1CCNCC1. The van der Waals surface area contributed by atoms with Gasteiger partial charge in [0.2, 0.25) is 5.91 Å². The third-order valence-electron chi connectivity index (χ3n) is 5.08. The van der Waals surface area contributed by atoms with Gasteiger partial charge < -0.3 is 10.2 Å². The van der Waals surface area contributed by atoms with Crippen LogP contribution in [0.4, 0.5) is 4.39 Å². The molecular formula is C21H27FN4O. The number of benzene rings is 1. The first kappa shape index (κ1) is 19.5. The van der Waals surface area contributed by atoms with Crippen LogP contribution in [0.1, 0.15) is 24.0 Å². The lowest BCUT2D eigenvalue weighted by atomic mass is 10.1. The third-order valence-corrected chi connectivity index (χ3v) is 5.08. The van der Waals surface area contributed by atoms with Crippen LogP contribution in [0.25, 0.3) is 0 Å². The number of nitrogens with zero attached hydrogens (tertiary/aromatic N) is 3. The van der Waals surface area contributed by atoms with Gasteiger partial charge in [-0.05, 0) is 68.4 Å². The maximum atomic E-state index is 13.2. The molecule has 0 spiro atoms. The number of nitrogens with one attached hydrogen (secondary N) is 1. The van der Waals surface area contributed by atoms with E-state index in [1.807, 2.05) is 24.1 Å². The molecule has 5 nitrogen and oxygen atoms in total. The molecule has 2 aromatic rings. The van der Waals surface area contributed by atoms with Gasteiger partial charge in [-0.1, -0.05) is 12.1 Å². The summed E-state index contributed by atoms with van der Waals surface area (Å²) in [6.45, 7) is 3.36. The van der Waals surface area contributed by atoms with E-state index in [0.29, 0.717) is 25.7 Å². The predicted octanol–water partition coefficient (Wildman–Crippen LogP) is 2.43. The molecule has 144 valence electrons. The van der Waals surface area contributed by atoms with E-state index in [9.17, 15) is 9.18 Å². The number of amides is 1. The maximum Gasteiger partial charge on any atom is 0.237 e. The van der Waals surface area contributed by atoms with Gasteiger partial charge in [0.1, 0.15) is 5.82 Å². The molecule has 1 fully saturated rings. The van der Waals surface area contributed by atoms with Crippen molar-refractivity contribution in [3.8, 4) is 0 Å². The molecule has 1 aromatic carbocycles. The predicted molar refractivity (Wildman–Crippen MR) is 103 cm³/mol. The van der Waals surface area contributed by atoms with E-state index < -0.39 is 0 Å². The summed E-state index contributed by atoms with van der Waals surface area (Å²) in [6, 6.07) is 10.6. The number of hydrogen-bond donors (Lipinski definition) is 1. The Labute approximate surface area is 160 Å². The minimum Gasteiger partial charge on any atom is -0.333 e. The summed E-state index contributed by atoms with van der Waals surface area (Å²) in [5, 5.41) is 3.36. The van der Waals surface area contributed by atoms with E-state index in [4.69, 9.17) is 0 Å². The molecule has 1 saturated heterocycles. The number of halogens is 1. The molecule has 1 aliphatic rings. The topological polar surface area (TPSA) is 48.5 Å². The highest BCUT2D eigenvalue weighted by atomic mass is 19.1. The Kier molecular flexibility index (Phi) is 6.90. The van der Waals surface area contributed by atoms with Gasteiger partial charge in [0.05, 0.1) is 6.54 Å². The van der Waals surface area contributed by atoms with E-state index >= 15 is 0 Å². The normalized spacial score (nSPS) is 15.1. The van der Waals surface area contributed by atoms with Gasteiger partial charge in [0, 0.05) is 31.5 Å². The number of likely N-dealkylation sites (N-methyl/N-ethyl adjacent to an activating group) is 1. The second kappa shape index (κ2) is 9.58. The Bertz CT molecular complexity index is 717. The van der Waals surface area contributed by atoms with E-state index in [1.165, 1.54) is 12.1 Å². The number of carbonyl (C=O) groups excluding carboxylic acids is 1. The molecule has 1 amide bonds. The Morgan fingerprint density at radius 3 is 2.30 bits per heavy atom. The fourth-order valence-corrected chi connectivity index (χ4v) is 3.44. The van der Waals surface area contributed by atoms with Crippen LogP contribution in [0.2, 0.25) is 0 Å². The number of piperidine rings is 1. The van der Waals surface area contributed by atoms with E-state index in [-0.39, 0.29) is 11.7 Å². The highest BCUT2D eigenvalue weighted by molar-refractivity contribution is 5.78. The van der Waals surface area contributed by atoms with Crippen molar-refractivity contribution in [2.75, 3.05) is 26.7 Å². The molecule has 6 heteroatoms. The van der Waals surface area contributed by atoms with Crippen molar-refractivity contribution in [2.24, 2.45) is 0 Å². The van der Waals surface area contributed by atoms with Crippen LogP contribution >= 0.6 is 0 Å². The zero-order valence-electron chi connectivity index (χ0n) is 15.8. The van der Waals surface area contributed by atoms with Crippen LogP contribution in [0.5, 0.6) is 0 Å². The molecule has 0 aliphatic carbocycles. The van der Waals surface area contributed by atoms with Crippen molar-refractivity contribution in [1.82, 2.24) is 20.1 Å². The van der Waals surface area contributed by atoms with Crippen LogP contribution in [0.3, 0.4) is 0 Å². The van der Waals surface area contributed by atoms with Gasteiger partial charge in [-0.3, -0.25) is 14.7 Å². The second-order valence-electron chi connectivity index (χ2n) is 7.13. The molecule has 1 aliphatic heterocycles. The average molecular weight is 370 g/mol. The number of hydrogen-bond acceptors (Lipinski definition) is 4. The Morgan fingerprint density at radius 2 is 1.67 bits per heavy atom. The van der Waals surface area contributed by atoms with Gasteiger partial charge in [0.15, 0.2) is 0 Å². The minimum absolute atomic E-state index is 0.0807. The summed E-state index contributed by atoms with van der Waals surface area (Å²) in [4.78, 5) is 21.1. The molecule has 1 N–H and O–H groups in total. The van der Waals surface area contributed by atoms with Crippen molar-refractivity contribution in [3.05, 3.63) is 65.7 Å². The monoisotopic (exact) mass is 370 g/mol. The Morgan fingerprint density at radius 1 is 1.07 bits per heavy atom. The van der Waals surface area contributed by atoms with Crippen LogP contribution in [0.15, 0.2) is 48.8 Å². The molecule has 3 rings (SSSR count). The Balaban J connectivity index is 1.69. The lowest BCUT2D eigenvalue weighted by Crippen LogP contribution is -2.46. The first-order chi connectivity index (χ1) is 13.1. The lowest BCUT2D eigenvalue weighted by Gasteiger charge is -2.33. The number of aromatic nitrogens is 1. The molecule has 0 atom stereocenters. The number of carbonyl (C=O) groups is 1. The summed E-state index contributed by atoms with van der Waals surface area (Å²) in [5.41, 5.74) is 1.95. The average Bonchev–Trinajstić information content (AvgIpc) is 2.70. The first-order valence-corrected chi connectivity index (χ1v) is 9.44. The smallest absolute Gasteiger partial charge is 0.237 e. The molecule has 0 bridgehead atoms. The van der Waals surface area contributed by atoms with Crippen molar-refractivity contribution in [1.29, 1.82) is 0 Å². The fraction of sp³-hybridized carbons (Fsp3) is 0.429. The molecule has 27 heavy (non-hydrogen) atoms. The molecule has 2 heterocycles. The second-order valence-corrected chi connectivity index (χ2v) is 7.13. The summed E-state index contributed by atoms with van der Waals surface area (Å²) in [6.07, 6.45) is 5.59. The Hall–Kier alpha value is -2.31. The van der Waals surface area contributed by atoms with Gasteiger partial charge in [-0.25, -0.2) is 4.39 Å². The van der Waals surface area contributed by atoms with Gasteiger partial charge in [-0.15, -0.1) is 0 Å². The first-order valence-electron chi connectivity index (χ1n) is 9.44. The summed E-state index contributed by atoms with van der Waals surface area (Å²) >= 11 is 0. The zero-order valence-corrected chi connectivity index (χ0v) is 15.8. The quantitative estimate of drug-likeness (QED) is 0.813. The zero-order chi connectivity index (χ0) is 19.1. The van der Waals surface area contributed by atoms with E-state index in [2.05, 4.69) is 15.2 Å². The standard InChI is InChI=1S/C21H27FN4O/c1-25(20-8-12-24-13-9-20)16-21(27)26(15-18-6-10-23-11-7-18)14-17-2-4-19(22)5-3-17/h2-7,10-11,20,24H,8-9,12-16H2,1H3. The summed E-state index contributed by atoms with van der Waals surface area (Å²) < 4.78 is 13.2. The van der Waals surface area contributed by atoms with Crippen LogP contribution in [-0.2, 0) is 17.9 Å². The third kappa shape index (κ3) is 5.84. The van der Waals surface area contributed by atoms with Gasteiger partial charge >= 0.3 is 0 Å². The molecule has 0 saturated carbocycles. The fourth-order valence-electron chi connectivity index (χ4n) is 3.44. The maximum absolute atomic E-state index is 13.2. The van der Waals surface area contributed by atoms with Crippen LogP contribution in [-0.4, -0.2) is 53.4 Å². The summed E-state index contributed by atoms with van der Waals surface area (Å²) in [7, 11) is 2.02. The molecule has 0 radical (unpaired) electrons. The lowest BCUT2D eigenvalue weighted by molar-refractivity contribution is -0.134.